The lowest BCUT2D eigenvalue weighted by molar-refractivity contribution is -0.384. The maximum atomic E-state index is 10.8. The lowest BCUT2D eigenvalue weighted by Crippen LogP contribution is -2.11. The average molecular weight is 192 g/mol. The van der Waals surface area contributed by atoms with Crippen molar-refractivity contribution in [2.45, 2.75) is 0 Å². The summed E-state index contributed by atoms with van der Waals surface area (Å²) in [5, 5.41) is 10.8. The molecule has 0 radical (unpaired) electrons. The predicted molar refractivity (Wildman–Crippen MR) is 57.5 cm³/mol. The first kappa shape index (κ1) is 10.2. The maximum absolute atomic E-state index is 10.8. The molecule has 0 aliphatic heterocycles. The molecule has 0 bridgehead atoms. The molecule has 0 atom stereocenters. The van der Waals surface area contributed by atoms with Crippen molar-refractivity contribution in [3.63, 3.8) is 0 Å². The van der Waals surface area contributed by atoms with Gasteiger partial charge in [-0.1, -0.05) is 18.7 Å². The van der Waals surface area contributed by atoms with Crippen LogP contribution in [0.3, 0.4) is 0 Å². The molecule has 1 rings (SSSR count). The van der Waals surface area contributed by atoms with Crippen molar-refractivity contribution in [2.75, 3.05) is 19.0 Å². The van der Waals surface area contributed by atoms with E-state index in [0.717, 1.165) is 0 Å². The summed E-state index contributed by atoms with van der Waals surface area (Å²) in [6.45, 7) is 3.55. The molecule has 0 saturated heterocycles. The van der Waals surface area contributed by atoms with Crippen LogP contribution in [-0.2, 0) is 0 Å². The highest BCUT2D eigenvalue weighted by atomic mass is 16.6. The Balaban J connectivity index is 3.43. The molecule has 0 N–H and O–H groups in total. The Hall–Kier alpha value is -1.84. The standard InChI is InChI=1S/C10H12N2O2/c1-4-8-6-5-7-9(11(2)3)10(8)12(13)14/h4-7H,1H2,2-3H3. The summed E-state index contributed by atoms with van der Waals surface area (Å²) in [7, 11) is 3.55. The van der Waals surface area contributed by atoms with Crippen molar-refractivity contribution in [3.05, 3.63) is 40.5 Å². The van der Waals surface area contributed by atoms with Crippen molar-refractivity contribution in [3.8, 4) is 0 Å². The van der Waals surface area contributed by atoms with E-state index in [9.17, 15) is 10.1 Å². The van der Waals surface area contributed by atoms with Crippen molar-refractivity contribution < 1.29 is 4.92 Å². The van der Waals surface area contributed by atoms with Crippen LogP contribution in [0.1, 0.15) is 5.56 Å². The molecule has 0 aromatic heterocycles. The van der Waals surface area contributed by atoms with Crippen molar-refractivity contribution in [2.24, 2.45) is 0 Å². The minimum absolute atomic E-state index is 0.104. The number of hydrogen-bond donors (Lipinski definition) is 0. The summed E-state index contributed by atoms with van der Waals surface area (Å²) in [6, 6.07) is 5.17. The van der Waals surface area contributed by atoms with E-state index in [4.69, 9.17) is 0 Å². The third-order valence-electron chi connectivity index (χ3n) is 1.93. The SMILES string of the molecule is C=Cc1cccc(N(C)C)c1[N+](=O)[O-]. The monoisotopic (exact) mass is 192 g/mol. The molecule has 1 aromatic rings. The minimum Gasteiger partial charge on any atom is -0.372 e. The highest BCUT2D eigenvalue weighted by Gasteiger charge is 2.18. The van der Waals surface area contributed by atoms with Gasteiger partial charge in [0.05, 0.1) is 10.5 Å². The van der Waals surface area contributed by atoms with E-state index in [1.54, 1.807) is 37.2 Å². The molecule has 0 fully saturated rings. The molecule has 0 aliphatic carbocycles. The Kier molecular flexibility index (Phi) is 2.86. The quantitative estimate of drug-likeness (QED) is 0.545. The van der Waals surface area contributed by atoms with Crippen LogP contribution in [0.25, 0.3) is 6.08 Å². The fourth-order valence-corrected chi connectivity index (χ4v) is 1.27. The first-order valence-electron chi connectivity index (χ1n) is 4.15. The number of benzene rings is 1. The zero-order chi connectivity index (χ0) is 10.7. The Morgan fingerprint density at radius 3 is 2.57 bits per heavy atom. The van der Waals surface area contributed by atoms with Gasteiger partial charge in [-0.2, -0.15) is 0 Å². The zero-order valence-corrected chi connectivity index (χ0v) is 8.23. The normalized spacial score (nSPS) is 9.57. The largest absolute Gasteiger partial charge is 0.372 e. The smallest absolute Gasteiger partial charge is 0.299 e. The lowest BCUT2D eigenvalue weighted by atomic mass is 10.1. The molecule has 0 heterocycles. The maximum Gasteiger partial charge on any atom is 0.299 e. The van der Waals surface area contributed by atoms with Crippen molar-refractivity contribution >= 4 is 17.5 Å². The third kappa shape index (κ3) is 1.74. The van der Waals surface area contributed by atoms with Gasteiger partial charge < -0.3 is 4.90 Å². The van der Waals surface area contributed by atoms with Crippen LogP contribution < -0.4 is 4.90 Å². The summed E-state index contributed by atoms with van der Waals surface area (Å²) in [4.78, 5) is 12.2. The molecule has 14 heavy (non-hydrogen) atoms. The van der Waals surface area contributed by atoms with Crippen LogP contribution in [0.2, 0.25) is 0 Å². The number of hydrogen-bond acceptors (Lipinski definition) is 3. The summed E-state index contributed by atoms with van der Waals surface area (Å²) >= 11 is 0. The van der Waals surface area contributed by atoms with E-state index in [1.165, 1.54) is 6.08 Å². The van der Waals surface area contributed by atoms with Crippen LogP contribution in [0.15, 0.2) is 24.8 Å². The van der Waals surface area contributed by atoms with Crippen LogP contribution in [0.4, 0.5) is 11.4 Å². The molecule has 4 nitrogen and oxygen atoms in total. The Bertz CT molecular complexity index is 372. The van der Waals surface area contributed by atoms with Gasteiger partial charge in [0.15, 0.2) is 0 Å². The summed E-state index contributed by atoms with van der Waals surface area (Å²) in [5.74, 6) is 0. The first-order valence-corrected chi connectivity index (χ1v) is 4.15. The second-order valence-corrected chi connectivity index (χ2v) is 3.07. The second kappa shape index (κ2) is 3.91. The number of nitro benzene ring substituents is 1. The van der Waals surface area contributed by atoms with Crippen LogP contribution in [0.5, 0.6) is 0 Å². The average Bonchev–Trinajstić information content (AvgIpc) is 2.16. The van der Waals surface area contributed by atoms with Gasteiger partial charge in [0.2, 0.25) is 0 Å². The van der Waals surface area contributed by atoms with Crippen LogP contribution in [0, 0.1) is 10.1 Å². The Labute approximate surface area is 82.6 Å². The fraction of sp³-hybridized carbons (Fsp3) is 0.200. The van der Waals surface area contributed by atoms with E-state index in [0.29, 0.717) is 11.3 Å². The fourth-order valence-electron chi connectivity index (χ4n) is 1.27. The number of nitrogens with zero attached hydrogens (tertiary/aromatic N) is 2. The molecule has 74 valence electrons. The van der Waals surface area contributed by atoms with E-state index in [1.807, 2.05) is 0 Å². The van der Waals surface area contributed by atoms with Gasteiger partial charge in [0, 0.05) is 14.1 Å². The minimum atomic E-state index is -0.383. The van der Waals surface area contributed by atoms with Gasteiger partial charge in [-0.15, -0.1) is 0 Å². The first-order chi connectivity index (χ1) is 6.57. The van der Waals surface area contributed by atoms with Crippen LogP contribution >= 0.6 is 0 Å². The molecule has 1 aromatic carbocycles. The molecule has 4 heteroatoms. The van der Waals surface area contributed by atoms with Crippen molar-refractivity contribution in [1.82, 2.24) is 0 Å². The van der Waals surface area contributed by atoms with Gasteiger partial charge in [-0.3, -0.25) is 10.1 Å². The Morgan fingerprint density at radius 2 is 2.14 bits per heavy atom. The molecule has 0 spiro atoms. The number of para-hydroxylation sites is 1. The lowest BCUT2D eigenvalue weighted by Gasteiger charge is -2.13. The molecule has 0 saturated carbocycles. The molecular weight excluding hydrogens is 180 g/mol. The van der Waals surface area contributed by atoms with E-state index in [-0.39, 0.29) is 10.6 Å². The highest BCUT2D eigenvalue weighted by Crippen LogP contribution is 2.30. The second-order valence-electron chi connectivity index (χ2n) is 3.07. The van der Waals surface area contributed by atoms with E-state index in [2.05, 4.69) is 6.58 Å². The summed E-state index contributed by atoms with van der Waals surface area (Å²) < 4.78 is 0. The molecule has 0 unspecified atom stereocenters. The van der Waals surface area contributed by atoms with Gasteiger partial charge in [0.1, 0.15) is 5.69 Å². The third-order valence-corrected chi connectivity index (χ3v) is 1.93. The van der Waals surface area contributed by atoms with Gasteiger partial charge in [0.25, 0.3) is 5.69 Å². The predicted octanol–water partition coefficient (Wildman–Crippen LogP) is 2.30. The Morgan fingerprint density at radius 1 is 1.50 bits per heavy atom. The summed E-state index contributed by atoms with van der Waals surface area (Å²) in [5.41, 5.74) is 1.24. The van der Waals surface area contributed by atoms with Gasteiger partial charge >= 0.3 is 0 Å². The molecule has 0 amide bonds. The van der Waals surface area contributed by atoms with Gasteiger partial charge in [-0.25, -0.2) is 0 Å². The van der Waals surface area contributed by atoms with Crippen molar-refractivity contribution in [1.29, 1.82) is 0 Å². The molecular formula is C10H12N2O2. The number of nitro groups is 1. The topological polar surface area (TPSA) is 46.4 Å². The number of anilines is 1. The van der Waals surface area contributed by atoms with E-state index < -0.39 is 0 Å². The summed E-state index contributed by atoms with van der Waals surface area (Å²) in [6.07, 6.45) is 1.49. The van der Waals surface area contributed by atoms with Gasteiger partial charge in [-0.05, 0) is 12.1 Å². The molecule has 0 aliphatic rings. The highest BCUT2D eigenvalue weighted by molar-refractivity contribution is 5.73. The van der Waals surface area contributed by atoms with E-state index >= 15 is 0 Å². The van der Waals surface area contributed by atoms with Crippen LogP contribution in [-0.4, -0.2) is 19.0 Å². The number of rotatable bonds is 3. The zero-order valence-electron chi connectivity index (χ0n) is 8.23.